The molecule has 1 N–H and O–H groups in total. The van der Waals surface area contributed by atoms with Crippen molar-refractivity contribution in [2.75, 3.05) is 33.3 Å². The van der Waals surface area contributed by atoms with Gasteiger partial charge in [-0.15, -0.1) is 0 Å². The molecule has 1 fully saturated rings. The molecule has 18 heavy (non-hydrogen) atoms. The number of hydrogen-bond acceptors (Lipinski definition) is 3. The fourth-order valence-electron chi connectivity index (χ4n) is 2.63. The lowest BCUT2D eigenvalue weighted by Crippen LogP contribution is -2.48. The van der Waals surface area contributed by atoms with Crippen molar-refractivity contribution in [2.24, 2.45) is 0 Å². The molecule has 4 heteroatoms. The summed E-state index contributed by atoms with van der Waals surface area (Å²) in [6.07, 6.45) is 0.183. The second kappa shape index (κ2) is 6.53. The summed E-state index contributed by atoms with van der Waals surface area (Å²) in [5.74, 6) is 0. The molecule has 2 atom stereocenters. The average molecular weight is 269 g/mol. The Hall–Kier alpha value is -0.610. The molecule has 0 amide bonds. The maximum atomic E-state index is 6.10. The molecule has 2 unspecified atom stereocenters. The van der Waals surface area contributed by atoms with Gasteiger partial charge in [0.15, 0.2) is 0 Å². The van der Waals surface area contributed by atoms with E-state index in [2.05, 4.69) is 23.2 Å². The smallest absolute Gasteiger partial charge is 0.0896 e. The molecule has 1 aromatic rings. The van der Waals surface area contributed by atoms with Crippen LogP contribution in [0.5, 0.6) is 0 Å². The van der Waals surface area contributed by atoms with Crippen molar-refractivity contribution in [3.63, 3.8) is 0 Å². The normalized spacial score (nSPS) is 25.3. The van der Waals surface area contributed by atoms with E-state index in [9.17, 15) is 0 Å². The fraction of sp³-hybridized carbons (Fsp3) is 0.571. The van der Waals surface area contributed by atoms with Crippen LogP contribution in [0, 0.1) is 0 Å². The number of hydrogen-bond donors (Lipinski definition) is 1. The van der Waals surface area contributed by atoms with E-state index in [0.717, 1.165) is 31.3 Å². The number of ether oxygens (including phenoxy) is 1. The van der Waals surface area contributed by atoms with E-state index in [4.69, 9.17) is 16.3 Å². The molecule has 0 aromatic heterocycles. The lowest BCUT2D eigenvalue weighted by molar-refractivity contribution is -0.0686. The lowest BCUT2D eigenvalue weighted by atomic mass is 9.98. The van der Waals surface area contributed by atoms with Gasteiger partial charge in [0.25, 0.3) is 0 Å². The Kier molecular flexibility index (Phi) is 5.01. The van der Waals surface area contributed by atoms with Gasteiger partial charge in [-0.05, 0) is 31.3 Å². The number of nitrogens with zero attached hydrogens (tertiary/aromatic N) is 1. The summed E-state index contributed by atoms with van der Waals surface area (Å²) >= 11 is 6.10. The number of nitrogens with one attached hydrogen (secondary N) is 1. The zero-order valence-corrected chi connectivity index (χ0v) is 11.8. The Balaban J connectivity index is 2.27. The molecule has 3 nitrogen and oxygen atoms in total. The molecular formula is C14H21ClN2O. The summed E-state index contributed by atoms with van der Waals surface area (Å²) in [4.78, 5) is 2.46. The molecule has 0 radical (unpaired) electrons. The van der Waals surface area contributed by atoms with Crippen molar-refractivity contribution in [3.8, 4) is 0 Å². The van der Waals surface area contributed by atoms with Crippen LogP contribution in [-0.2, 0) is 4.74 Å². The van der Waals surface area contributed by atoms with E-state index in [1.54, 1.807) is 0 Å². The van der Waals surface area contributed by atoms with Crippen molar-refractivity contribution >= 4 is 11.6 Å². The average Bonchev–Trinajstić information content (AvgIpc) is 2.38. The third-order valence-electron chi connectivity index (χ3n) is 3.46. The zero-order chi connectivity index (χ0) is 13.0. The number of benzene rings is 1. The van der Waals surface area contributed by atoms with E-state index in [1.807, 2.05) is 25.2 Å². The summed E-state index contributed by atoms with van der Waals surface area (Å²) in [6.45, 7) is 5.86. The minimum Gasteiger partial charge on any atom is -0.374 e. The van der Waals surface area contributed by atoms with E-state index in [1.165, 1.54) is 5.56 Å². The number of rotatable bonds is 4. The number of morpholine rings is 1. The summed E-state index contributed by atoms with van der Waals surface area (Å²) in [5.41, 5.74) is 1.24. The molecule has 0 saturated carbocycles. The highest BCUT2D eigenvalue weighted by molar-refractivity contribution is 6.30. The summed E-state index contributed by atoms with van der Waals surface area (Å²) < 4.78 is 5.91. The van der Waals surface area contributed by atoms with Crippen LogP contribution in [0.1, 0.15) is 18.5 Å². The first kappa shape index (κ1) is 13.8. The maximum Gasteiger partial charge on any atom is 0.0896 e. The topological polar surface area (TPSA) is 24.5 Å². The molecule has 0 bridgehead atoms. The summed E-state index contributed by atoms with van der Waals surface area (Å²) in [6, 6.07) is 8.40. The Bertz CT molecular complexity index is 384. The molecule has 1 aliphatic rings. The minimum atomic E-state index is 0.183. The molecule has 100 valence electrons. The van der Waals surface area contributed by atoms with Crippen LogP contribution >= 0.6 is 11.6 Å². The van der Waals surface area contributed by atoms with Crippen LogP contribution in [0.2, 0.25) is 5.02 Å². The van der Waals surface area contributed by atoms with Gasteiger partial charge in [0.05, 0.1) is 18.8 Å². The largest absolute Gasteiger partial charge is 0.374 e. The Morgan fingerprint density at radius 2 is 2.33 bits per heavy atom. The van der Waals surface area contributed by atoms with E-state index >= 15 is 0 Å². The predicted octanol–water partition coefficient (Wildman–Crippen LogP) is 2.32. The van der Waals surface area contributed by atoms with Crippen molar-refractivity contribution in [1.82, 2.24) is 10.2 Å². The van der Waals surface area contributed by atoms with Crippen LogP contribution in [0.25, 0.3) is 0 Å². The van der Waals surface area contributed by atoms with Crippen LogP contribution in [0.3, 0.4) is 0 Å². The second-order valence-electron chi connectivity index (χ2n) is 4.60. The van der Waals surface area contributed by atoms with Crippen molar-refractivity contribution < 1.29 is 4.74 Å². The van der Waals surface area contributed by atoms with Gasteiger partial charge in [-0.3, -0.25) is 4.90 Å². The lowest BCUT2D eigenvalue weighted by Gasteiger charge is -2.41. The van der Waals surface area contributed by atoms with Gasteiger partial charge in [0, 0.05) is 18.1 Å². The highest BCUT2D eigenvalue weighted by Gasteiger charge is 2.32. The van der Waals surface area contributed by atoms with E-state index in [-0.39, 0.29) is 12.1 Å². The molecule has 1 heterocycles. The SMILES string of the molecule is CCN1CCOC(CNC)C1c1cccc(Cl)c1. The van der Waals surface area contributed by atoms with Crippen LogP contribution in [-0.4, -0.2) is 44.3 Å². The Labute approximate surface area is 114 Å². The summed E-state index contributed by atoms with van der Waals surface area (Å²) in [5, 5.41) is 4.00. The quantitative estimate of drug-likeness (QED) is 0.907. The summed E-state index contributed by atoms with van der Waals surface area (Å²) in [7, 11) is 1.96. The molecule has 1 aromatic carbocycles. The van der Waals surface area contributed by atoms with Gasteiger partial charge in [-0.1, -0.05) is 30.7 Å². The van der Waals surface area contributed by atoms with E-state index in [0.29, 0.717) is 0 Å². The van der Waals surface area contributed by atoms with Gasteiger partial charge in [-0.25, -0.2) is 0 Å². The molecule has 0 aliphatic carbocycles. The first-order valence-corrected chi connectivity index (χ1v) is 6.89. The van der Waals surface area contributed by atoms with Gasteiger partial charge in [0.2, 0.25) is 0 Å². The van der Waals surface area contributed by atoms with Crippen LogP contribution in [0.4, 0.5) is 0 Å². The highest BCUT2D eigenvalue weighted by Crippen LogP contribution is 2.30. The van der Waals surface area contributed by atoms with E-state index < -0.39 is 0 Å². The third kappa shape index (κ3) is 3.04. The molecular weight excluding hydrogens is 248 g/mol. The molecule has 1 saturated heterocycles. The van der Waals surface area contributed by atoms with Gasteiger partial charge < -0.3 is 10.1 Å². The monoisotopic (exact) mass is 268 g/mol. The molecule has 2 rings (SSSR count). The zero-order valence-electron chi connectivity index (χ0n) is 11.0. The minimum absolute atomic E-state index is 0.183. The first-order chi connectivity index (χ1) is 8.76. The van der Waals surface area contributed by atoms with Gasteiger partial charge in [0.1, 0.15) is 0 Å². The second-order valence-corrected chi connectivity index (χ2v) is 5.03. The third-order valence-corrected chi connectivity index (χ3v) is 3.69. The molecule has 0 spiro atoms. The number of likely N-dealkylation sites (N-methyl/N-ethyl adjacent to an activating group) is 2. The Morgan fingerprint density at radius 1 is 1.50 bits per heavy atom. The molecule has 1 aliphatic heterocycles. The van der Waals surface area contributed by atoms with Crippen LogP contribution in [0.15, 0.2) is 24.3 Å². The predicted molar refractivity (Wildman–Crippen MR) is 75.1 cm³/mol. The standard InChI is InChI=1S/C14H21ClN2O/c1-3-17-7-8-18-13(10-16-2)14(17)11-5-4-6-12(15)9-11/h4-6,9,13-14,16H,3,7-8,10H2,1-2H3. The highest BCUT2D eigenvalue weighted by atomic mass is 35.5. The first-order valence-electron chi connectivity index (χ1n) is 6.52. The van der Waals surface area contributed by atoms with Crippen molar-refractivity contribution in [3.05, 3.63) is 34.9 Å². The van der Waals surface area contributed by atoms with Gasteiger partial charge in [-0.2, -0.15) is 0 Å². The maximum absolute atomic E-state index is 6.10. The van der Waals surface area contributed by atoms with Crippen molar-refractivity contribution in [1.29, 1.82) is 0 Å². The fourth-order valence-corrected chi connectivity index (χ4v) is 2.83. The Morgan fingerprint density at radius 3 is 3.00 bits per heavy atom. The van der Waals surface area contributed by atoms with Crippen LogP contribution < -0.4 is 5.32 Å². The number of halogens is 1. The van der Waals surface area contributed by atoms with Gasteiger partial charge >= 0.3 is 0 Å². The van der Waals surface area contributed by atoms with Crippen molar-refractivity contribution in [2.45, 2.75) is 19.1 Å².